The summed E-state index contributed by atoms with van der Waals surface area (Å²) in [5, 5.41) is 12.5. The van der Waals surface area contributed by atoms with Crippen molar-refractivity contribution in [3.05, 3.63) is 40.3 Å². The van der Waals surface area contributed by atoms with Crippen LogP contribution < -0.4 is 0 Å². The van der Waals surface area contributed by atoms with Crippen LogP contribution in [-0.4, -0.2) is 31.4 Å². The van der Waals surface area contributed by atoms with Crippen molar-refractivity contribution in [3.63, 3.8) is 0 Å². The molecule has 0 atom stereocenters. The molecule has 2 aromatic heterocycles. The fourth-order valence-corrected chi connectivity index (χ4v) is 3.40. The molecular formula is C14H13N3O2S2. The molecule has 3 rings (SSSR count). The fourth-order valence-electron chi connectivity index (χ4n) is 2.07. The molecule has 0 aliphatic carbocycles. The molecule has 21 heavy (non-hydrogen) atoms. The molecule has 108 valence electrons. The van der Waals surface area contributed by atoms with Gasteiger partial charge in [0.1, 0.15) is 5.01 Å². The smallest absolute Gasteiger partial charge is 0.313 e. The van der Waals surface area contributed by atoms with Gasteiger partial charge in [-0.05, 0) is 24.6 Å². The number of imidazole rings is 1. The number of aromatic nitrogens is 3. The summed E-state index contributed by atoms with van der Waals surface area (Å²) in [6.45, 7) is 2.64. The number of fused-ring (bicyclic) bond motifs is 1. The Morgan fingerprint density at radius 2 is 2.33 bits per heavy atom. The average molecular weight is 319 g/mol. The molecule has 5 nitrogen and oxygen atoms in total. The second-order valence-corrected chi connectivity index (χ2v) is 6.50. The van der Waals surface area contributed by atoms with Crippen LogP contribution in [0.4, 0.5) is 0 Å². The Bertz CT molecular complexity index is 781. The van der Waals surface area contributed by atoms with Crippen LogP contribution in [0.5, 0.6) is 0 Å². The standard InChI is InChI=1S/C14H13N3O2S2/c1-9-2-3-10-11(6-9)17(7-12-15-4-5-20-12)14(16-10)21-8-13(18)19/h2-6H,7-8H2,1H3,(H,18,19). The Labute approximate surface area is 129 Å². The molecule has 2 heterocycles. The quantitative estimate of drug-likeness (QED) is 0.732. The number of nitrogens with zero attached hydrogens (tertiary/aromatic N) is 3. The van der Waals surface area contributed by atoms with E-state index in [1.807, 2.05) is 29.0 Å². The number of carboxylic acids is 1. The maximum atomic E-state index is 10.8. The monoisotopic (exact) mass is 319 g/mol. The van der Waals surface area contributed by atoms with Crippen LogP contribution in [0.2, 0.25) is 0 Å². The minimum atomic E-state index is -0.843. The third-order valence-corrected chi connectivity index (χ3v) is 4.70. The van der Waals surface area contributed by atoms with E-state index >= 15 is 0 Å². The SMILES string of the molecule is Cc1ccc2nc(SCC(=O)O)n(Cc3nccs3)c2c1. The van der Waals surface area contributed by atoms with Crippen molar-refractivity contribution in [2.24, 2.45) is 0 Å². The van der Waals surface area contributed by atoms with Gasteiger partial charge in [-0.25, -0.2) is 9.97 Å². The van der Waals surface area contributed by atoms with E-state index in [2.05, 4.69) is 16.0 Å². The van der Waals surface area contributed by atoms with Crippen LogP contribution in [0.25, 0.3) is 11.0 Å². The number of rotatable bonds is 5. The van der Waals surface area contributed by atoms with E-state index in [-0.39, 0.29) is 5.75 Å². The lowest BCUT2D eigenvalue weighted by Gasteiger charge is -2.06. The summed E-state index contributed by atoms with van der Waals surface area (Å²) in [6.07, 6.45) is 1.77. The number of hydrogen-bond donors (Lipinski definition) is 1. The number of benzene rings is 1. The first-order chi connectivity index (χ1) is 10.1. The summed E-state index contributed by atoms with van der Waals surface area (Å²) >= 11 is 2.82. The van der Waals surface area contributed by atoms with Gasteiger partial charge in [-0.1, -0.05) is 17.8 Å². The van der Waals surface area contributed by atoms with Crippen LogP contribution in [0.15, 0.2) is 34.9 Å². The van der Waals surface area contributed by atoms with Gasteiger partial charge < -0.3 is 9.67 Å². The molecule has 0 bridgehead atoms. The molecule has 3 aromatic rings. The molecule has 0 amide bonds. The van der Waals surface area contributed by atoms with E-state index in [9.17, 15) is 4.79 Å². The van der Waals surface area contributed by atoms with Gasteiger partial charge in [0.2, 0.25) is 0 Å². The number of aliphatic carboxylic acids is 1. The molecule has 0 unspecified atom stereocenters. The average Bonchev–Trinajstić information content (AvgIpc) is 3.06. The van der Waals surface area contributed by atoms with E-state index in [4.69, 9.17) is 5.11 Å². The van der Waals surface area contributed by atoms with Gasteiger partial charge in [0, 0.05) is 11.6 Å². The molecular weight excluding hydrogens is 306 g/mol. The molecule has 0 aliphatic heterocycles. The maximum absolute atomic E-state index is 10.8. The van der Waals surface area contributed by atoms with Crippen LogP contribution in [0.3, 0.4) is 0 Å². The lowest BCUT2D eigenvalue weighted by atomic mass is 10.2. The Morgan fingerprint density at radius 3 is 3.05 bits per heavy atom. The zero-order chi connectivity index (χ0) is 14.8. The van der Waals surface area contributed by atoms with Gasteiger partial charge >= 0.3 is 5.97 Å². The van der Waals surface area contributed by atoms with Crippen molar-refractivity contribution in [2.75, 3.05) is 5.75 Å². The summed E-state index contributed by atoms with van der Waals surface area (Å²) in [4.78, 5) is 19.6. The second kappa shape index (κ2) is 5.87. The van der Waals surface area contributed by atoms with Crippen molar-refractivity contribution in [3.8, 4) is 0 Å². The normalized spacial score (nSPS) is 11.1. The van der Waals surface area contributed by atoms with E-state index in [1.54, 1.807) is 17.5 Å². The van der Waals surface area contributed by atoms with E-state index < -0.39 is 5.97 Å². The molecule has 0 radical (unpaired) electrons. The molecule has 7 heteroatoms. The van der Waals surface area contributed by atoms with Gasteiger partial charge in [0.25, 0.3) is 0 Å². The largest absolute Gasteiger partial charge is 0.481 e. The summed E-state index contributed by atoms with van der Waals surface area (Å²) in [5.41, 5.74) is 3.04. The van der Waals surface area contributed by atoms with Gasteiger partial charge in [0.15, 0.2) is 5.16 Å². The van der Waals surface area contributed by atoms with Crippen LogP contribution in [0, 0.1) is 6.92 Å². The number of carboxylic acid groups (broad SMARTS) is 1. The number of aryl methyl sites for hydroxylation is 1. The molecule has 1 N–H and O–H groups in total. The zero-order valence-corrected chi connectivity index (χ0v) is 12.9. The Balaban J connectivity index is 2.04. The molecule has 0 saturated carbocycles. The Hall–Kier alpha value is -1.86. The van der Waals surface area contributed by atoms with E-state index in [1.165, 1.54) is 11.8 Å². The van der Waals surface area contributed by atoms with Gasteiger partial charge in [-0.2, -0.15) is 0 Å². The molecule has 0 aliphatic rings. The highest BCUT2D eigenvalue weighted by molar-refractivity contribution is 7.99. The van der Waals surface area contributed by atoms with Crippen molar-refractivity contribution in [1.82, 2.24) is 14.5 Å². The lowest BCUT2D eigenvalue weighted by Crippen LogP contribution is -2.04. The minimum Gasteiger partial charge on any atom is -0.481 e. The van der Waals surface area contributed by atoms with Gasteiger partial charge in [-0.3, -0.25) is 4.79 Å². The maximum Gasteiger partial charge on any atom is 0.313 e. The lowest BCUT2D eigenvalue weighted by molar-refractivity contribution is -0.133. The molecule has 0 fully saturated rings. The summed E-state index contributed by atoms with van der Waals surface area (Å²) in [6, 6.07) is 6.04. The number of thioether (sulfide) groups is 1. The fraction of sp³-hybridized carbons (Fsp3) is 0.214. The summed E-state index contributed by atoms with van der Waals surface area (Å²) in [5.74, 6) is -0.843. The highest BCUT2D eigenvalue weighted by Gasteiger charge is 2.14. The first-order valence-electron chi connectivity index (χ1n) is 6.33. The Kier molecular flexibility index (Phi) is 3.94. The summed E-state index contributed by atoms with van der Waals surface area (Å²) in [7, 11) is 0. The molecule has 0 spiro atoms. The minimum absolute atomic E-state index is 0.000172. The van der Waals surface area contributed by atoms with Crippen molar-refractivity contribution in [1.29, 1.82) is 0 Å². The highest BCUT2D eigenvalue weighted by atomic mass is 32.2. The third-order valence-electron chi connectivity index (χ3n) is 2.97. The summed E-state index contributed by atoms with van der Waals surface area (Å²) < 4.78 is 2.04. The number of thiazole rings is 1. The highest BCUT2D eigenvalue weighted by Crippen LogP contribution is 2.26. The molecule has 0 saturated heterocycles. The van der Waals surface area contributed by atoms with E-state index in [0.717, 1.165) is 21.6 Å². The predicted molar refractivity (Wildman–Crippen MR) is 84.0 cm³/mol. The first kappa shape index (κ1) is 14.1. The van der Waals surface area contributed by atoms with Crippen molar-refractivity contribution < 1.29 is 9.90 Å². The van der Waals surface area contributed by atoms with Crippen LogP contribution >= 0.6 is 23.1 Å². The van der Waals surface area contributed by atoms with Crippen molar-refractivity contribution in [2.45, 2.75) is 18.6 Å². The van der Waals surface area contributed by atoms with Crippen LogP contribution in [0.1, 0.15) is 10.6 Å². The van der Waals surface area contributed by atoms with Crippen LogP contribution in [-0.2, 0) is 11.3 Å². The van der Waals surface area contributed by atoms with Crippen molar-refractivity contribution >= 4 is 40.1 Å². The Morgan fingerprint density at radius 1 is 1.48 bits per heavy atom. The third kappa shape index (κ3) is 3.08. The second-order valence-electron chi connectivity index (χ2n) is 4.58. The number of hydrogen-bond acceptors (Lipinski definition) is 5. The topological polar surface area (TPSA) is 68.0 Å². The van der Waals surface area contributed by atoms with Gasteiger partial charge in [-0.15, -0.1) is 11.3 Å². The first-order valence-corrected chi connectivity index (χ1v) is 8.20. The zero-order valence-electron chi connectivity index (χ0n) is 11.3. The number of carbonyl (C=O) groups is 1. The molecule has 1 aromatic carbocycles. The van der Waals surface area contributed by atoms with E-state index in [0.29, 0.717) is 11.7 Å². The van der Waals surface area contributed by atoms with Gasteiger partial charge in [0.05, 0.1) is 23.3 Å². The predicted octanol–water partition coefficient (Wildman–Crippen LogP) is 3.03.